The van der Waals surface area contributed by atoms with Crippen LogP contribution in [-0.4, -0.2) is 37.1 Å². The van der Waals surface area contributed by atoms with Gasteiger partial charge < -0.3 is 19.7 Å². The molecule has 1 aliphatic heterocycles. The minimum atomic E-state index is -4.42. The van der Waals surface area contributed by atoms with Gasteiger partial charge in [-0.1, -0.05) is 36.6 Å². The molecule has 1 aromatic carbocycles. The van der Waals surface area contributed by atoms with Crippen molar-refractivity contribution in [3.05, 3.63) is 53.4 Å². The fourth-order valence-corrected chi connectivity index (χ4v) is 4.47. The Morgan fingerprint density at radius 3 is 2.64 bits per heavy atom. The Hall–Kier alpha value is -3.37. The summed E-state index contributed by atoms with van der Waals surface area (Å²) in [4.78, 5) is 26.6. The maximum Gasteiger partial charge on any atom is 0.416 e. The van der Waals surface area contributed by atoms with Gasteiger partial charge >= 0.3 is 12.2 Å². The third kappa shape index (κ3) is 4.44. The van der Waals surface area contributed by atoms with E-state index in [4.69, 9.17) is 4.52 Å². The number of amides is 2. The van der Waals surface area contributed by atoms with Crippen molar-refractivity contribution in [2.45, 2.75) is 63.3 Å². The molecule has 1 fully saturated rings. The van der Waals surface area contributed by atoms with E-state index in [1.54, 1.807) is 11.2 Å². The molecule has 5 rings (SSSR count). The van der Waals surface area contributed by atoms with E-state index in [0.29, 0.717) is 18.5 Å². The van der Waals surface area contributed by atoms with Crippen LogP contribution < -0.4 is 5.32 Å². The van der Waals surface area contributed by atoms with E-state index < -0.39 is 17.8 Å². The molecule has 0 unspecified atom stereocenters. The predicted octanol–water partition coefficient (Wildman–Crippen LogP) is 4.62. The van der Waals surface area contributed by atoms with Gasteiger partial charge in [-0.25, -0.2) is 9.78 Å². The Morgan fingerprint density at radius 1 is 1.15 bits per heavy atom. The number of carbonyl (C=O) groups excluding carboxylic acids is 1. The van der Waals surface area contributed by atoms with Gasteiger partial charge in [0.2, 0.25) is 11.7 Å². The number of aromatic nitrogens is 4. The first-order valence-corrected chi connectivity index (χ1v) is 11.0. The van der Waals surface area contributed by atoms with Gasteiger partial charge in [0.15, 0.2) is 0 Å². The molecule has 0 saturated heterocycles. The van der Waals surface area contributed by atoms with Crippen LogP contribution in [0.4, 0.5) is 18.0 Å². The molecule has 1 atom stereocenters. The summed E-state index contributed by atoms with van der Waals surface area (Å²) in [5.41, 5.74) is 1.31. The van der Waals surface area contributed by atoms with Gasteiger partial charge in [0, 0.05) is 18.0 Å². The van der Waals surface area contributed by atoms with E-state index in [1.165, 1.54) is 18.6 Å². The third-order valence-electron chi connectivity index (χ3n) is 6.29. The van der Waals surface area contributed by atoms with Crippen LogP contribution in [0.3, 0.4) is 0 Å². The van der Waals surface area contributed by atoms with Crippen LogP contribution >= 0.6 is 0 Å². The van der Waals surface area contributed by atoms with Crippen LogP contribution in [0.25, 0.3) is 11.4 Å². The third-order valence-corrected chi connectivity index (χ3v) is 6.29. The second-order valence-electron chi connectivity index (χ2n) is 8.49. The number of halogens is 3. The molecule has 2 amide bonds. The van der Waals surface area contributed by atoms with Crippen molar-refractivity contribution in [1.29, 1.82) is 0 Å². The molecule has 33 heavy (non-hydrogen) atoms. The smallest absolute Gasteiger partial charge is 0.347 e. The number of hydrogen-bond acceptors (Lipinski definition) is 5. The van der Waals surface area contributed by atoms with Crippen molar-refractivity contribution in [3.8, 4) is 11.4 Å². The monoisotopic (exact) mass is 460 g/mol. The molecule has 174 valence electrons. The largest absolute Gasteiger partial charge is 0.416 e. The average Bonchev–Trinajstić information content (AvgIpc) is 3.48. The van der Waals surface area contributed by atoms with E-state index in [1.807, 2.05) is 0 Å². The summed E-state index contributed by atoms with van der Waals surface area (Å²) in [6.07, 6.45) is 2.85. The second-order valence-corrected chi connectivity index (χ2v) is 8.49. The summed E-state index contributed by atoms with van der Waals surface area (Å²) in [5, 5.41) is 7.08. The lowest BCUT2D eigenvalue weighted by Crippen LogP contribution is -2.48. The van der Waals surface area contributed by atoms with Crippen LogP contribution in [0.15, 0.2) is 35.1 Å². The first-order chi connectivity index (χ1) is 15.9. The molecule has 0 radical (unpaired) electrons. The number of aromatic amines is 1. The molecular formula is C22H23F3N6O2. The van der Waals surface area contributed by atoms with Crippen molar-refractivity contribution in [2.24, 2.45) is 0 Å². The highest BCUT2D eigenvalue weighted by atomic mass is 19.4. The lowest BCUT2D eigenvalue weighted by molar-refractivity contribution is -0.137. The maximum absolute atomic E-state index is 13.2. The van der Waals surface area contributed by atoms with E-state index in [9.17, 15) is 18.0 Å². The van der Waals surface area contributed by atoms with Gasteiger partial charge in [0.05, 0.1) is 29.8 Å². The normalized spacial score (nSPS) is 19.4. The number of rotatable bonds is 3. The number of benzene rings is 1. The lowest BCUT2D eigenvalue weighted by Gasteiger charge is -2.34. The van der Waals surface area contributed by atoms with Crippen molar-refractivity contribution >= 4 is 6.03 Å². The van der Waals surface area contributed by atoms with E-state index in [2.05, 4.69) is 25.4 Å². The lowest BCUT2D eigenvalue weighted by atomic mass is 9.95. The topological polar surface area (TPSA) is 99.9 Å². The molecule has 2 N–H and O–H groups in total. The standard InChI is InChI=1S/C22H23F3N6O2/c23-22(24,25)14-8-6-13(7-9-14)19-29-20(33-30-19)18-10-16-17(27-12-26-16)11-31(18)21(32)28-15-4-2-1-3-5-15/h6-9,12,15,18H,1-5,10-11H2,(H,26,27)(H,28,32)/t18-/m0/s1. The minimum absolute atomic E-state index is 0.139. The fourth-order valence-electron chi connectivity index (χ4n) is 4.47. The molecular weight excluding hydrogens is 437 g/mol. The first kappa shape index (κ1) is 21.5. The Morgan fingerprint density at radius 2 is 1.91 bits per heavy atom. The van der Waals surface area contributed by atoms with Gasteiger partial charge in [-0.15, -0.1) is 0 Å². The molecule has 3 aromatic rings. The fraction of sp³-hybridized carbons (Fsp3) is 0.455. The van der Waals surface area contributed by atoms with Crippen LogP contribution in [0.1, 0.15) is 61.0 Å². The minimum Gasteiger partial charge on any atom is -0.347 e. The number of fused-ring (bicyclic) bond motifs is 1. The molecule has 0 bridgehead atoms. The molecule has 11 heteroatoms. The summed E-state index contributed by atoms with van der Waals surface area (Å²) in [6.45, 7) is 0.316. The molecule has 2 aliphatic rings. The van der Waals surface area contributed by atoms with Crippen LogP contribution in [0.2, 0.25) is 0 Å². The van der Waals surface area contributed by atoms with Crippen molar-refractivity contribution in [1.82, 2.24) is 30.3 Å². The first-order valence-electron chi connectivity index (χ1n) is 11.0. The molecule has 0 spiro atoms. The molecule has 3 heterocycles. The van der Waals surface area contributed by atoms with Crippen LogP contribution in [0, 0.1) is 0 Å². The predicted molar refractivity (Wildman–Crippen MR) is 111 cm³/mol. The number of alkyl halides is 3. The molecule has 8 nitrogen and oxygen atoms in total. The van der Waals surface area contributed by atoms with Gasteiger partial charge in [0.1, 0.15) is 6.04 Å². The maximum atomic E-state index is 13.2. The van der Waals surface area contributed by atoms with Crippen molar-refractivity contribution < 1.29 is 22.5 Å². The Bertz CT molecular complexity index is 1120. The SMILES string of the molecule is O=C(NC1CCCCC1)N1Cc2[nH]cnc2C[C@H]1c1nc(-c2ccc(C(F)(F)F)cc2)no1. The van der Waals surface area contributed by atoms with E-state index >= 15 is 0 Å². The number of hydrogen-bond donors (Lipinski definition) is 2. The Labute approximate surface area is 187 Å². The zero-order valence-electron chi connectivity index (χ0n) is 17.7. The summed E-state index contributed by atoms with van der Waals surface area (Å²) >= 11 is 0. The number of imidazole rings is 1. The summed E-state index contributed by atoms with van der Waals surface area (Å²) < 4.78 is 44.0. The summed E-state index contributed by atoms with van der Waals surface area (Å²) in [7, 11) is 0. The zero-order valence-corrected chi connectivity index (χ0v) is 17.7. The second kappa shape index (κ2) is 8.53. The highest BCUT2D eigenvalue weighted by Crippen LogP contribution is 2.34. The van der Waals surface area contributed by atoms with E-state index in [0.717, 1.165) is 49.2 Å². The van der Waals surface area contributed by atoms with Gasteiger partial charge in [-0.05, 0) is 25.0 Å². The van der Waals surface area contributed by atoms with Crippen molar-refractivity contribution in [2.75, 3.05) is 0 Å². The number of carbonyl (C=O) groups is 1. The van der Waals surface area contributed by atoms with Gasteiger partial charge in [0.25, 0.3) is 0 Å². The van der Waals surface area contributed by atoms with Gasteiger partial charge in [-0.2, -0.15) is 18.2 Å². The van der Waals surface area contributed by atoms with Crippen LogP contribution in [-0.2, 0) is 19.1 Å². The average molecular weight is 460 g/mol. The molecule has 1 saturated carbocycles. The highest BCUT2D eigenvalue weighted by Gasteiger charge is 2.37. The Kier molecular flexibility index (Phi) is 5.55. The number of nitrogens with one attached hydrogen (secondary N) is 2. The molecule has 1 aliphatic carbocycles. The van der Waals surface area contributed by atoms with Crippen LogP contribution in [0.5, 0.6) is 0 Å². The highest BCUT2D eigenvalue weighted by molar-refractivity contribution is 5.75. The number of nitrogens with zero attached hydrogens (tertiary/aromatic N) is 4. The van der Waals surface area contributed by atoms with Crippen molar-refractivity contribution in [3.63, 3.8) is 0 Å². The molecule has 2 aromatic heterocycles. The summed E-state index contributed by atoms with van der Waals surface area (Å²) in [5.74, 6) is 0.386. The number of urea groups is 1. The van der Waals surface area contributed by atoms with E-state index in [-0.39, 0.29) is 23.8 Å². The summed E-state index contributed by atoms with van der Waals surface area (Å²) in [6, 6.07) is 3.97. The quantitative estimate of drug-likeness (QED) is 0.594. The number of H-pyrrole nitrogens is 1. The zero-order chi connectivity index (χ0) is 23.0. The Balaban J connectivity index is 1.39. The van der Waals surface area contributed by atoms with Gasteiger partial charge in [-0.3, -0.25) is 0 Å².